The number of hydrogen-bond donors (Lipinski definition) is 1. The number of nitrogens with zero attached hydrogens (tertiary/aromatic N) is 2. The van der Waals surface area contributed by atoms with Crippen LogP contribution in [0, 0.1) is 3.57 Å². The minimum atomic E-state index is 0.493. The van der Waals surface area contributed by atoms with Crippen molar-refractivity contribution >= 4 is 60.3 Å². The maximum absolute atomic E-state index is 5.91. The van der Waals surface area contributed by atoms with Crippen LogP contribution in [0.4, 0.5) is 5.82 Å². The summed E-state index contributed by atoms with van der Waals surface area (Å²) in [5.74, 6) is 1.60. The van der Waals surface area contributed by atoms with Crippen molar-refractivity contribution in [2.45, 2.75) is 19.8 Å². The Morgan fingerprint density at radius 3 is 2.67 bits per heavy atom. The smallest absolute Gasteiger partial charge is 0.198 e. The molecule has 4 nitrogen and oxygen atoms in total. The zero-order valence-electron chi connectivity index (χ0n) is 9.51. The van der Waals surface area contributed by atoms with Gasteiger partial charge in [-0.1, -0.05) is 13.3 Å². The lowest BCUT2D eigenvalue weighted by Crippen LogP contribution is -2.04. The summed E-state index contributed by atoms with van der Waals surface area (Å²) in [4.78, 5) is 8.78. The van der Waals surface area contributed by atoms with E-state index in [1.807, 2.05) is 6.07 Å². The van der Waals surface area contributed by atoms with Crippen molar-refractivity contribution in [1.82, 2.24) is 9.97 Å². The van der Waals surface area contributed by atoms with Crippen molar-refractivity contribution in [3.05, 3.63) is 24.5 Å². The molecule has 2 aromatic rings. The van der Waals surface area contributed by atoms with E-state index in [9.17, 15) is 0 Å². The standard InChI is InChI=1S/C11H10Br2IN3O/c1-2-3-6-8(14)10(15)17-11(16-6)7-4-5(12)9(13)18-7/h4H,2-3H2,1H3,(H2,15,16,17). The quantitative estimate of drug-likeness (QED) is 0.653. The molecule has 0 atom stereocenters. The van der Waals surface area contributed by atoms with Gasteiger partial charge in [-0.15, -0.1) is 0 Å². The van der Waals surface area contributed by atoms with Gasteiger partial charge in [0.2, 0.25) is 0 Å². The van der Waals surface area contributed by atoms with E-state index in [1.54, 1.807) is 0 Å². The average molecular weight is 487 g/mol. The SMILES string of the molecule is CCCc1nc(-c2cc(Br)c(Br)o2)nc(N)c1I. The van der Waals surface area contributed by atoms with E-state index in [0.29, 0.717) is 22.1 Å². The Morgan fingerprint density at radius 2 is 2.11 bits per heavy atom. The molecular weight excluding hydrogens is 477 g/mol. The van der Waals surface area contributed by atoms with Gasteiger partial charge in [0.15, 0.2) is 16.3 Å². The summed E-state index contributed by atoms with van der Waals surface area (Å²) < 4.78 is 7.88. The highest BCUT2D eigenvalue weighted by Gasteiger charge is 2.15. The van der Waals surface area contributed by atoms with Crippen molar-refractivity contribution in [2.75, 3.05) is 5.73 Å². The summed E-state index contributed by atoms with van der Waals surface area (Å²) in [6, 6.07) is 1.82. The number of aromatic nitrogens is 2. The van der Waals surface area contributed by atoms with Crippen LogP contribution in [0.3, 0.4) is 0 Å². The Kier molecular flexibility index (Phi) is 4.65. The topological polar surface area (TPSA) is 64.9 Å². The molecule has 2 rings (SSSR count). The van der Waals surface area contributed by atoms with E-state index < -0.39 is 0 Å². The van der Waals surface area contributed by atoms with Crippen LogP contribution < -0.4 is 5.73 Å². The van der Waals surface area contributed by atoms with Crippen LogP contribution >= 0.6 is 54.5 Å². The Balaban J connectivity index is 2.51. The molecule has 0 spiro atoms. The number of halogens is 3. The summed E-state index contributed by atoms with van der Waals surface area (Å²) in [6.07, 6.45) is 1.89. The average Bonchev–Trinajstić information content (AvgIpc) is 2.65. The van der Waals surface area contributed by atoms with Crippen molar-refractivity contribution in [1.29, 1.82) is 0 Å². The van der Waals surface area contributed by atoms with Crippen molar-refractivity contribution < 1.29 is 4.42 Å². The van der Waals surface area contributed by atoms with Gasteiger partial charge in [-0.2, -0.15) is 0 Å². The summed E-state index contributed by atoms with van der Waals surface area (Å²) in [7, 11) is 0. The number of anilines is 1. The predicted octanol–water partition coefficient (Wildman–Crippen LogP) is 4.40. The van der Waals surface area contributed by atoms with Crippen LogP contribution in [0.15, 0.2) is 19.6 Å². The van der Waals surface area contributed by atoms with Crippen LogP contribution in [0.1, 0.15) is 19.0 Å². The molecule has 0 saturated heterocycles. The fourth-order valence-corrected chi connectivity index (χ4v) is 2.57. The molecule has 0 fully saturated rings. The van der Waals surface area contributed by atoms with E-state index in [-0.39, 0.29) is 0 Å². The molecule has 0 bridgehead atoms. The number of hydrogen-bond acceptors (Lipinski definition) is 4. The highest BCUT2D eigenvalue weighted by molar-refractivity contribution is 14.1. The van der Waals surface area contributed by atoms with Crippen LogP contribution in [-0.4, -0.2) is 9.97 Å². The number of nitrogens with two attached hydrogens (primary N) is 1. The molecule has 0 aromatic carbocycles. The third-order valence-electron chi connectivity index (χ3n) is 2.30. The first-order valence-corrected chi connectivity index (χ1v) is 7.96. The summed E-state index contributed by atoms with van der Waals surface area (Å²) >= 11 is 8.84. The molecule has 0 unspecified atom stereocenters. The first-order chi connectivity index (χ1) is 8.52. The first kappa shape index (κ1) is 14.3. The second-order valence-corrected chi connectivity index (χ2v) is 6.33. The highest BCUT2D eigenvalue weighted by Crippen LogP contribution is 2.32. The van der Waals surface area contributed by atoms with E-state index in [4.69, 9.17) is 10.2 Å². The van der Waals surface area contributed by atoms with Crippen LogP contribution in [0.2, 0.25) is 0 Å². The summed E-state index contributed by atoms with van der Waals surface area (Å²) in [5, 5.41) is 0. The third kappa shape index (κ3) is 2.88. The van der Waals surface area contributed by atoms with Crippen LogP contribution in [0.25, 0.3) is 11.6 Å². The molecule has 18 heavy (non-hydrogen) atoms. The molecule has 0 amide bonds. The lowest BCUT2D eigenvalue weighted by Gasteiger charge is -2.06. The number of aryl methyl sites for hydroxylation is 1. The van der Waals surface area contributed by atoms with Crippen LogP contribution in [0.5, 0.6) is 0 Å². The number of rotatable bonds is 3. The van der Waals surface area contributed by atoms with Gasteiger partial charge < -0.3 is 10.2 Å². The van der Waals surface area contributed by atoms with Gasteiger partial charge in [-0.25, -0.2) is 9.97 Å². The second kappa shape index (κ2) is 5.87. The van der Waals surface area contributed by atoms with Crippen molar-refractivity contribution in [3.8, 4) is 11.6 Å². The Morgan fingerprint density at radius 1 is 1.39 bits per heavy atom. The molecule has 2 heterocycles. The minimum absolute atomic E-state index is 0.493. The molecule has 0 aliphatic heterocycles. The largest absolute Gasteiger partial charge is 0.445 e. The molecule has 96 valence electrons. The lowest BCUT2D eigenvalue weighted by atomic mass is 10.2. The fourth-order valence-electron chi connectivity index (χ4n) is 1.48. The third-order valence-corrected chi connectivity index (χ3v) is 5.18. The maximum Gasteiger partial charge on any atom is 0.198 e. The van der Waals surface area contributed by atoms with Crippen molar-refractivity contribution in [3.63, 3.8) is 0 Å². The molecule has 7 heteroatoms. The van der Waals surface area contributed by atoms with Gasteiger partial charge in [0.1, 0.15) is 5.82 Å². The van der Waals surface area contributed by atoms with E-state index in [1.165, 1.54) is 0 Å². The van der Waals surface area contributed by atoms with Crippen LogP contribution in [-0.2, 0) is 6.42 Å². The van der Waals surface area contributed by atoms with E-state index in [0.717, 1.165) is 26.6 Å². The number of nitrogen functional groups attached to an aromatic ring is 1. The summed E-state index contributed by atoms with van der Waals surface area (Å²) in [5.41, 5.74) is 6.87. The zero-order valence-corrected chi connectivity index (χ0v) is 14.8. The normalized spacial score (nSPS) is 10.9. The van der Waals surface area contributed by atoms with Gasteiger partial charge >= 0.3 is 0 Å². The molecule has 0 radical (unpaired) electrons. The predicted molar refractivity (Wildman–Crippen MR) is 86.3 cm³/mol. The second-order valence-electron chi connectivity index (χ2n) is 3.68. The fraction of sp³-hybridized carbons (Fsp3) is 0.273. The minimum Gasteiger partial charge on any atom is -0.445 e. The van der Waals surface area contributed by atoms with Crippen molar-refractivity contribution in [2.24, 2.45) is 0 Å². The highest BCUT2D eigenvalue weighted by atomic mass is 127. The Labute approximate surface area is 135 Å². The molecule has 2 aromatic heterocycles. The van der Waals surface area contributed by atoms with E-state index >= 15 is 0 Å². The number of furan rings is 1. The maximum atomic E-state index is 5.91. The Bertz CT molecular complexity index is 566. The van der Waals surface area contributed by atoms with Gasteiger partial charge in [-0.3, -0.25) is 0 Å². The Hall–Kier alpha value is -0.150. The van der Waals surface area contributed by atoms with Gasteiger partial charge in [-0.05, 0) is 60.9 Å². The molecule has 0 saturated carbocycles. The molecule has 0 aliphatic carbocycles. The lowest BCUT2D eigenvalue weighted by molar-refractivity contribution is 0.549. The van der Waals surface area contributed by atoms with Gasteiger partial charge in [0.05, 0.1) is 13.7 Å². The summed E-state index contributed by atoms with van der Waals surface area (Å²) in [6.45, 7) is 2.11. The molecule has 2 N–H and O–H groups in total. The monoisotopic (exact) mass is 485 g/mol. The zero-order chi connectivity index (χ0) is 13.3. The van der Waals surface area contributed by atoms with Gasteiger partial charge in [0.25, 0.3) is 0 Å². The molecule has 0 aliphatic rings. The molecular formula is C11H10Br2IN3O. The van der Waals surface area contributed by atoms with Gasteiger partial charge in [0, 0.05) is 6.07 Å². The van der Waals surface area contributed by atoms with E-state index in [2.05, 4.69) is 71.3 Å². The first-order valence-electron chi connectivity index (χ1n) is 5.30.